The Kier molecular flexibility index (Phi) is 7.61. The monoisotopic (exact) mass is 513 g/mol. The van der Waals surface area contributed by atoms with Crippen molar-refractivity contribution in [1.82, 2.24) is 5.32 Å². The zero-order valence-corrected chi connectivity index (χ0v) is 20.8. The SMILES string of the molecule is C[C@H]1[C@H](OC(=O)CCC(=O)N[C@@H](CCC(=O)O)C(=O)O)O[C@@H]2O[C@]3(C)CC[C@H]4[C@H](C)CC[C@@H]1C24OO3. The van der Waals surface area contributed by atoms with Gasteiger partial charge < -0.3 is 29.7 Å². The van der Waals surface area contributed by atoms with Crippen molar-refractivity contribution in [3.8, 4) is 0 Å². The first-order chi connectivity index (χ1) is 16.9. The lowest BCUT2D eigenvalue weighted by molar-refractivity contribution is -0.576. The van der Waals surface area contributed by atoms with Crippen LogP contribution in [0.2, 0.25) is 0 Å². The summed E-state index contributed by atoms with van der Waals surface area (Å²) in [6.45, 7) is 5.95. The van der Waals surface area contributed by atoms with Crippen LogP contribution in [0.25, 0.3) is 0 Å². The van der Waals surface area contributed by atoms with Gasteiger partial charge in [0, 0.05) is 31.1 Å². The minimum atomic E-state index is -1.35. The highest BCUT2D eigenvalue weighted by Crippen LogP contribution is 2.60. The van der Waals surface area contributed by atoms with Gasteiger partial charge in [0.1, 0.15) is 6.04 Å². The molecule has 1 amide bonds. The summed E-state index contributed by atoms with van der Waals surface area (Å²) in [4.78, 5) is 58.5. The summed E-state index contributed by atoms with van der Waals surface area (Å²) in [5.74, 6) is -4.48. The molecule has 5 fully saturated rings. The molecule has 1 unspecified atom stereocenters. The lowest BCUT2D eigenvalue weighted by atomic mass is 9.58. The van der Waals surface area contributed by atoms with Crippen LogP contribution in [0.5, 0.6) is 0 Å². The number of carboxylic acids is 2. The van der Waals surface area contributed by atoms with Gasteiger partial charge in [-0.15, -0.1) is 0 Å². The number of hydrogen-bond donors (Lipinski definition) is 3. The topological polar surface area (TPSA) is 167 Å². The molecule has 3 N–H and O–H groups in total. The average molecular weight is 514 g/mol. The number of ether oxygens (including phenoxy) is 3. The van der Waals surface area contributed by atoms with Crippen molar-refractivity contribution in [3.63, 3.8) is 0 Å². The van der Waals surface area contributed by atoms with E-state index < -0.39 is 60.2 Å². The second kappa shape index (κ2) is 10.2. The van der Waals surface area contributed by atoms with E-state index in [9.17, 15) is 24.3 Å². The van der Waals surface area contributed by atoms with Crippen LogP contribution in [0.4, 0.5) is 0 Å². The number of esters is 1. The van der Waals surface area contributed by atoms with E-state index in [-0.39, 0.29) is 37.0 Å². The van der Waals surface area contributed by atoms with Gasteiger partial charge in [-0.1, -0.05) is 13.8 Å². The standard InChI is InChI=1S/C24H35NO11/c1-12-4-5-15-13(2)21(33-22-24(15)14(12)10-11-23(3,34-22)35-36-24)32-19(29)9-7-17(26)25-16(20(30)31)6-8-18(27)28/h12-16,21-22H,4-11H2,1-3H3,(H,25,26)(H,27,28)(H,30,31)/t12-,13-,14+,15+,16+,21-,22-,23+,24?/m1/s1. The number of amides is 1. The van der Waals surface area contributed by atoms with Crippen molar-refractivity contribution >= 4 is 23.8 Å². The number of hydrogen-bond acceptors (Lipinski definition) is 9. The number of fused-ring (bicyclic) bond motifs is 2. The molecule has 5 aliphatic rings. The molecule has 0 aromatic rings. The van der Waals surface area contributed by atoms with Crippen molar-refractivity contribution in [2.75, 3.05) is 0 Å². The molecule has 1 spiro atoms. The molecule has 0 aromatic carbocycles. The van der Waals surface area contributed by atoms with Gasteiger partial charge in [0.2, 0.25) is 18.0 Å². The lowest BCUT2D eigenvalue weighted by Crippen LogP contribution is -2.70. The van der Waals surface area contributed by atoms with Gasteiger partial charge in [0.25, 0.3) is 0 Å². The van der Waals surface area contributed by atoms with Gasteiger partial charge in [-0.2, -0.15) is 0 Å². The predicted molar refractivity (Wildman–Crippen MR) is 119 cm³/mol. The molecule has 9 atom stereocenters. The molecule has 4 aliphatic heterocycles. The number of rotatable bonds is 9. The summed E-state index contributed by atoms with van der Waals surface area (Å²) in [6.07, 6.45) is 0.452. The Balaban J connectivity index is 1.36. The van der Waals surface area contributed by atoms with Gasteiger partial charge in [0.05, 0.1) is 6.42 Å². The first-order valence-electron chi connectivity index (χ1n) is 12.6. The van der Waals surface area contributed by atoms with Crippen molar-refractivity contribution in [2.24, 2.45) is 23.7 Å². The predicted octanol–water partition coefficient (Wildman–Crippen LogP) is 1.95. The summed E-state index contributed by atoms with van der Waals surface area (Å²) in [5.41, 5.74) is -0.780. The first-order valence-corrected chi connectivity index (χ1v) is 12.6. The highest BCUT2D eigenvalue weighted by molar-refractivity contribution is 5.86. The third-order valence-corrected chi connectivity index (χ3v) is 8.18. The molecule has 12 heteroatoms. The highest BCUT2D eigenvalue weighted by atomic mass is 17.3. The Morgan fingerprint density at radius 2 is 1.78 bits per heavy atom. The number of carbonyl (C=O) groups excluding carboxylic acids is 2. The van der Waals surface area contributed by atoms with E-state index in [0.717, 1.165) is 19.3 Å². The molecule has 1 aliphatic carbocycles. The fourth-order valence-corrected chi connectivity index (χ4v) is 6.20. The van der Waals surface area contributed by atoms with Crippen molar-refractivity contribution in [1.29, 1.82) is 0 Å². The third kappa shape index (κ3) is 5.09. The van der Waals surface area contributed by atoms with Crippen LogP contribution in [0.3, 0.4) is 0 Å². The molecule has 5 rings (SSSR count). The average Bonchev–Trinajstić information content (AvgIpc) is 3.04. The maximum atomic E-state index is 12.6. The summed E-state index contributed by atoms with van der Waals surface area (Å²) < 4.78 is 18.0. The van der Waals surface area contributed by atoms with E-state index in [4.69, 9.17) is 29.1 Å². The van der Waals surface area contributed by atoms with Crippen LogP contribution in [0, 0.1) is 23.7 Å². The maximum Gasteiger partial charge on any atom is 0.326 e. The molecule has 202 valence electrons. The van der Waals surface area contributed by atoms with Gasteiger partial charge in [-0.05, 0) is 44.4 Å². The van der Waals surface area contributed by atoms with Crippen LogP contribution in [-0.4, -0.2) is 64.0 Å². The summed E-state index contributed by atoms with van der Waals surface area (Å²) >= 11 is 0. The van der Waals surface area contributed by atoms with E-state index >= 15 is 0 Å². The quantitative estimate of drug-likeness (QED) is 0.304. The normalized spacial score (nSPS) is 39.9. The number of nitrogens with one attached hydrogen (secondary N) is 1. The Morgan fingerprint density at radius 3 is 2.47 bits per heavy atom. The van der Waals surface area contributed by atoms with Crippen LogP contribution < -0.4 is 5.32 Å². The number of carbonyl (C=O) groups is 4. The highest BCUT2D eigenvalue weighted by Gasteiger charge is 2.69. The summed E-state index contributed by atoms with van der Waals surface area (Å²) in [6, 6.07) is -1.35. The molecular formula is C24H35NO11. The fourth-order valence-electron chi connectivity index (χ4n) is 6.20. The molecule has 2 bridgehead atoms. The molecule has 36 heavy (non-hydrogen) atoms. The molecule has 0 radical (unpaired) electrons. The zero-order chi connectivity index (χ0) is 26.3. The zero-order valence-electron chi connectivity index (χ0n) is 20.8. The first kappa shape index (κ1) is 26.8. The summed E-state index contributed by atoms with van der Waals surface area (Å²) in [7, 11) is 0. The minimum absolute atomic E-state index is 0.0215. The van der Waals surface area contributed by atoms with E-state index in [0.29, 0.717) is 12.3 Å². The van der Waals surface area contributed by atoms with Crippen molar-refractivity contribution in [2.45, 2.75) is 102 Å². The van der Waals surface area contributed by atoms with Crippen molar-refractivity contribution in [3.05, 3.63) is 0 Å². The maximum absolute atomic E-state index is 12.6. The fraction of sp³-hybridized carbons (Fsp3) is 0.833. The van der Waals surface area contributed by atoms with Crippen molar-refractivity contribution < 1.29 is 53.4 Å². The van der Waals surface area contributed by atoms with Crippen LogP contribution >= 0.6 is 0 Å². The Hall–Kier alpha value is -2.28. The van der Waals surface area contributed by atoms with E-state index in [1.165, 1.54) is 0 Å². The molecule has 4 saturated heterocycles. The Labute approximate surface area is 208 Å². The van der Waals surface area contributed by atoms with Gasteiger partial charge in [0.15, 0.2) is 11.9 Å². The minimum Gasteiger partial charge on any atom is -0.481 e. The van der Waals surface area contributed by atoms with Gasteiger partial charge >= 0.3 is 17.9 Å². The van der Waals surface area contributed by atoms with Crippen LogP contribution in [0.15, 0.2) is 0 Å². The molecule has 1 saturated carbocycles. The number of carboxylic acid groups (broad SMARTS) is 2. The largest absolute Gasteiger partial charge is 0.481 e. The Morgan fingerprint density at radius 1 is 1.03 bits per heavy atom. The molecule has 4 heterocycles. The number of aliphatic carboxylic acids is 2. The Bertz CT molecular complexity index is 895. The van der Waals surface area contributed by atoms with E-state index in [1.54, 1.807) is 6.92 Å². The third-order valence-electron chi connectivity index (χ3n) is 8.18. The van der Waals surface area contributed by atoms with Crippen LogP contribution in [0.1, 0.15) is 72.1 Å². The van der Waals surface area contributed by atoms with Gasteiger partial charge in [-0.3, -0.25) is 14.4 Å². The second-order valence-electron chi connectivity index (χ2n) is 10.7. The van der Waals surface area contributed by atoms with E-state index in [2.05, 4.69) is 12.2 Å². The van der Waals surface area contributed by atoms with Gasteiger partial charge in [-0.25, -0.2) is 14.6 Å². The lowest BCUT2D eigenvalue weighted by Gasteiger charge is -2.59. The molecule has 0 aromatic heterocycles. The molecular weight excluding hydrogens is 478 g/mol. The second-order valence-corrected chi connectivity index (χ2v) is 10.7. The van der Waals surface area contributed by atoms with Crippen LogP contribution in [-0.2, 0) is 43.2 Å². The summed E-state index contributed by atoms with van der Waals surface area (Å²) in [5, 5.41) is 20.2. The van der Waals surface area contributed by atoms with E-state index in [1.807, 2.05) is 6.92 Å². The molecule has 12 nitrogen and oxygen atoms in total. The smallest absolute Gasteiger partial charge is 0.326 e.